The van der Waals surface area contributed by atoms with E-state index in [1.807, 2.05) is 20.8 Å². The van der Waals surface area contributed by atoms with Gasteiger partial charge in [-0.05, 0) is 50.6 Å². The van der Waals surface area contributed by atoms with Crippen LogP contribution >= 0.6 is 11.6 Å². The predicted octanol–water partition coefficient (Wildman–Crippen LogP) is 4.79. The molecule has 5 nitrogen and oxygen atoms in total. The van der Waals surface area contributed by atoms with Gasteiger partial charge in [0.25, 0.3) is 5.89 Å². The molecule has 1 atom stereocenters. The van der Waals surface area contributed by atoms with Crippen LogP contribution in [0.1, 0.15) is 38.3 Å². The Balaban J connectivity index is 1.83. The Bertz CT molecular complexity index is 884. The van der Waals surface area contributed by atoms with Crippen molar-refractivity contribution in [2.75, 3.05) is 0 Å². The molecule has 0 saturated carbocycles. The molecule has 0 saturated heterocycles. The lowest BCUT2D eigenvalue weighted by Gasteiger charge is -2.21. The van der Waals surface area contributed by atoms with Gasteiger partial charge in [-0.3, -0.25) is 0 Å². The van der Waals surface area contributed by atoms with Crippen LogP contribution < -0.4 is 4.74 Å². The topological polar surface area (TPSA) is 68.4 Å². The second-order valence-electron chi connectivity index (χ2n) is 6.74. The minimum atomic E-state index is -1.15. The standard InChI is InChI=1S/C19H18ClFN2O3/c1-19(2,3)25-12-9-7-11(8-10-12)16(24)18-22-17(23-26-18)15-13(20)5-4-6-14(15)21/h4-10,16,24H,1-3H3. The van der Waals surface area contributed by atoms with E-state index < -0.39 is 11.9 Å². The molecule has 0 bridgehead atoms. The van der Waals surface area contributed by atoms with Crippen LogP contribution in [-0.4, -0.2) is 20.8 Å². The van der Waals surface area contributed by atoms with E-state index in [9.17, 15) is 9.50 Å². The van der Waals surface area contributed by atoms with Gasteiger partial charge < -0.3 is 14.4 Å². The van der Waals surface area contributed by atoms with Gasteiger partial charge >= 0.3 is 0 Å². The average molecular weight is 377 g/mol. The first-order valence-corrected chi connectivity index (χ1v) is 8.37. The summed E-state index contributed by atoms with van der Waals surface area (Å²) >= 11 is 6.00. The van der Waals surface area contributed by atoms with Crippen molar-refractivity contribution in [3.05, 3.63) is 64.8 Å². The van der Waals surface area contributed by atoms with Crippen LogP contribution in [0, 0.1) is 5.82 Å². The summed E-state index contributed by atoms with van der Waals surface area (Å²) in [5.74, 6) is 0.0412. The van der Waals surface area contributed by atoms with Crippen LogP contribution in [0.2, 0.25) is 5.02 Å². The summed E-state index contributed by atoms with van der Waals surface area (Å²) < 4.78 is 24.8. The van der Waals surface area contributed by atoms with Gasteiger partial charge in [0, 0.05) is 0 Å². The molecule has 1 heterocycles. The molecule has 0 fully saturated rings. The van der Waals surface area contributed by atoms with Crippen molar-refractivity contribution in [2.24, 2.45) is 0 Å². The first-order chi connectivity index (χ1) is 12.2. The van der Waals surface area contributed by atoms with Crippen LogP contribution in [0.25, 0.3) is 11.4 Å². The van der Waals surface area contributed by atoms with Crippen molar-refractivity contribution in [3.63, 3.8) is 0 Å². The summed E-state index contributed by atoms with van der Waals surface area (Å²) in [7, 11) is 0. The van der Waals surface area contributed by atoms with Crippen molar-refractivity contribution in [2.45, 2.75) is 32.5 Å². The molecule has 0 radical (unpaired) electrons. The van der Waals surface area contributed by atoms with Crippen molar-refractivity contribution >= 4 is 11.6 Å². The van der Waals surface area contributed by atoms with Crippen LogP contribution in [0.5, 0.6) is 5.75 Å². The van der Waals surface area contributed by atoms with Gasteiger partial charge in [0.2, 0.25) is 5.82 Å². The third-order valence-electron chi connectivity index (χ3n) is 3.48. The third kappa shape index (κ3) is 4.03. The number of aliphatic hydroxyl groups excluding tert-OH is 1. The number of ether oxygens (including phenoxy) is 1. The zero-order valence-corrected chi connectivity index (χ0v) is 15.3. The average Bonchev–Trinajstić information content (AvgIpc) is 3.03. The highest BCUT2D eigenvalue weighted by atomic mass is 35.5. The number of halogens is 2. The minimum Gasteiger partial charge on any atom is -0.488 e. The maximum absolute atomic E-state index is 14.0. The fourth-order valence-electron chi connectivity index (χ4n) is 2.37. The summed E-state index contributed by atoms with van der Waals surface area (Å²) in [5.41, 5.74) is 0.256. The molecule has 7 heteroatoms. The molecule has 0 aliphatic carbocycles. The molecular weight excluding hydrogens is 359 g/mol. The number of aliphatic hydroxyl groups is 1. The molecule has 1 aromatic heterocycles. The van der Waals surface area contributed by atoms with E-state index in [-0.39, 0.29) is 27.9 Å². The molecule has 1 unspecified atom stereocenters. The first-order valence-electron chi connectivity index (χ1n) is 7.99. The Kier molecular flexibility index (Phi) is 4.98. The maximum Gasteiger partial charge on any atom is 0.260 e. The Morgan fingerprint density at radius 1 is 1.15 bits per heavy atom. The van der Waals surface area contributed by atoms with Gasteiger partial charge in [-0.2, -0.15) is 4.98 Å². The second-order valence-corrected chi connectivity index (χ2v) is 7.15. The van der Waals surface area contributed by atoms with Gasteiger partial charge in [-0.25, -0.2) is 4.39 Å². The molecule has 0 aliphatic heterocycles. The molecule has 0 amide bonds. The van der Waals surface area contributed by atoms with Gasteiger partial charge in [0.1, 0.15) is 17.2 Å². The molecule has 3 rings (SSSR count). The highest BCUT2D eigenvalue weighted by molar-refractivity contribution is 6.33. The molecule has 3 aromatic rings. The van der Waals surface area contributed by atoms with Crippen LogP contribution in [0.4, 0.5) is 4.39 Å². The fourth-order valence-corrected chi connectivity index (χ4v) is 2.62. The van der Waals surface area contributed by atoms with Gasteiger partial charge in [-0.1, -0.05) is 35.0 Å². The van der Waals surface area contributed by atoms with Crippen molar-refractivity contribution < 1.29 is 18.8 Å². The number of benzene rings is 2. The number of hydrogen-bond acceptors (Lipinski definition) is 5. The highest BCUT2D eigenvalue weighted by Crippen LogP contribution is 2.30. The predicted molar refractivity (Wildman–Crippen MR) is 95.6 cm³/mol. The third-order valence-corrected chi connectivity index (χ3v) is 3.80. The monoisotopic (exact) mass is 376 g/mol. The van der Waals surface area contributed by atoms with Crippen LogP contribution in [0.15, 0.2) is 47.0 Å². The second kappa shape index (κ2) is 7.05. The first kappa shape index (κ1) is 18.4. The summed E-state index contributed by atoms with van der Waals surface area (Å²) in [6.45, 7) is 5.84. The SMILES string of the molecule is CC(C)(C)Oc1ccc(C(O)c2nc(-c3c(F)cccc3Cl)no2)cc1. The minimum absolute atomic E-state index is 0.0187. The molecule has 1 N–H and O–H groups in total. The summed E-state index contributed by atoms with van der Waals surface area (Å²) in [4.78, 5) is 4.08. The zero-order chi connectivity index (χ0) is 18.9. The molecule has 0 spiro atoms. The van der Waals surface area contributed by atoms with E-state index in [2.05, 4.69) is 10.1 Å². The number of hydrogen-bond donors (Lipinski definition) is 1. The van der Waals surface area contributed by atoms with E-state index in [0.29, 0.717) is 11.3 Å². The van der Waals surface area contributed by atoms with E-state index in [1.165, 1.54) is 18.2 Å². The molecule has 0 aliphatic rings. The van der Waals surface area contributed by atoms with Crippen molar-refractivity contribution in [1.82, 2.24) is 10.1 Å². The summed E-state index contributed by atoms with van der Waals surface area (Å²) in [5, 5.41) is 14.3. The largest absolute Gasteiger partial charge is 0.488 e. The zero-order valence-electron chi connectivity index (χ0n) is 14.5. The van der Waals surface area contributed by atoms with E-state index in [1.54, 1.807) is 24.3 Å². The molecule has 136 valence electrons. The molecule has 2 aromatic carbocycles. The van der Waals surface area contributed by atoms with Gasteiger partial charge in [0.15, 0.2) is 6.10 Å². The van der Waals surface area contributed by atoms with Gasteiger partial charge in [-0.15, -0.1) is 0 Å². The van der Waals surface area contributed by atoms with Gasteiger partial charge in [0.05, 0.1) is 10.6 Å². The lowest BCUT2D eigenvalue weighted by Crippen LogP contribution is -2.22. The fraction of sp³-hybridized carbons (Fsp3) is 0.263. The number of rotatable bonds is 4. The molecular formula is C19H18ClFN2O3. The normalized spacial score (nSPS) is 12.8. The number of nitrogens with zero attached hydrogens (tertiary/aromatic N) is 2. The van der Waals surface area contributed by atoms with E-state index in [0.717, 1.165) is 0 Å². The Morgan fingerprint density at radius 2 is 1.85 bits per heavy atom. The Hall–Kier alpha value is -2.44. The van der Waals surface area contributed by atoms with Crippen LogP contribution in [0.3, 0.4) is 0 Å². The Labute approximate surface area is 155 Å². The summed E-state index contributed by atoms with van der Waals surface area (Å²) in [6, 6.07) is 11.2. The smallest absolute Gasteiger partial charge is 0.260 e. The molecule has 26 heavy (non-hydrogen) atoms. The summed E-state index contributed by atoms with van der Waals surface area (Å²) in [6.07, 6.45) is -1.15. The Morgan fingerprint density at radius 3 is 2.46 bits per heavy atom. The van der Waals surface area contributed by atoms with E-state index >= 15 is 0 Å². The quantitative estimate of drug-likeness (QED) is 0.709. The lowest BCUT2D eigenvalue weighted by molar-refractivity contribution is 0.130. The maximum atomic E-state index is 14.0. The van der Waals surface area contributed by atoms with Crippen LogP contribution in [-0.2, 0) is 0 Å². The van der Waals surface area contributed by atoms with Crippen molar-refractivity contribution in [3.8, 4) is 17.1 Å². The highest BCUT2D eigenvalue weighted by Gasteiger charge is 2.22. The van der Waals surface area contributed by atoms with E-state index in [4.69, 9.17) is 20.9 Å². The van der Waals surface area contributed by atoms with Crippen molar-refractivity contribution in [1.29, 1.82) is 0 Å². The number of aromatic nitrogens is 2. The lowest BCUT2D eigenvalue weighted by atomic mass is 10.1.